The number of halogens is 2. The Balaban J connectivity index is 2.11. The van der Waals surface area contributed by atoms with Crippen LogP contribution < -0.4 is 5.32 Å². The van der Waals surface area contributed by atoms with Gasteiger partial charge in [-0.2, -0.15) is 5.10 Å². The van der Waals surface area contributed by atoms with Crippen LogP contribution in [0.1, 0.15) is 43.8 Å². The zero-order valence-electron chi connectivity index (χ0n) is 12.7. The minimum absolute atomic E-state index is 0.199. The molecule has 1 N–H and O–H groups in total. The standard InChI is InChI=1S/C16H21Cl2N3/c1-4-14-16(18)15(21(5-2)20-14)10-19-11(3)12-7-6-8-13(17)9-12/h6-9,11,19H,4-5,10H2,1-3H3/t11-/m0/s1. The Bertz CT molecular complexity index is 608. The molecule has 0 aliphatic rings. The van der Waals surface area contributed by atoms with Gasteiger partial charge >= 0.3 is 0 Å². The minimum atomic E-state index is 0.199. The van der Waals surface area contributed by atoms with E-state index in [1.807, 2.05) is 22.9 Å². The van der Waals surface area contributed by atoms with Crippen LogP contribution in [0, 0.1) is 0 Å². The topological polar surface area (TPSA) is 29.9 Å². The molecule has 0 unspecified atom stereocenters. The van der Waals surface area contributed by atoms with Crippen LogP contribution >= 0.6 is 23.2 Å². The van der Waals surface area contributed by atoms with E-state index >= 15 is 0 Å². The van der Waals surface area contributed by atoms with Crippen LogP contribution in [0.2, 0.25) is 10.0 Å². The molecule has 2 aromatic rings. The fourth-order valence-corrected chi connectivity index (χ4v) is 2.86. The van der Waals surface area contributed by atoms with E-state index in [1.54, 1.807) is 0 Å². The second-order valence-corrected chi connectivity index (χ2v) is 5.85. The third-order valence-electron chi connectivity index (χ3n) is 3.62. The van der Waals surface area contributed by atoms with E-state index < -0.39 is 0 Å². The van der Waals surface area contributed by atoms with Gasteiger partial charge in [0, 0.05) is 24.2 Å². The van der Waals surface area contributed by atoms with Gasteiger partial charge < -0.3 is 5.32 Å². The molecule has 1 aromatic carbocycles. The normalized spacial score (nSPS) is 12.6. The molecule has 0 aliphatic heterocycles. The molecule has 0 fully saturated rings. The summed E-state index contributed by atoms with van der Waals surface area (Å²) >= 11 is 12.5. The van der Waals surface area contributed by atoms with Crippen LogP contribution in [-0.2, 0) is 19.5 Å². The molecule has 1 atom stereocenters. The fraction of sp³-hybridized carbons (Fsp3) is 0.438. The molecule has 2 rings (SSSR count). The van der Waals surface area contributed by atoms with E-state index in [2.05, 4.69) is 37.3 Å². The van der Waals surface area contributed by atoms with Crippen LogP contribution in [-0.4, -0.2) is 9.78 Å². The van der Waals surface area contributed by atoms with Crippen LogP contribution in [0.25, 0.3) is 0 Å². The zero-order valence-corrected chi connectivity index (χ0v) is 14.2. The lowest BCUT2D eigenvalue weighted by molar-refractivity contribution is 0.530. The van der Waals surface area contributed by atoms with Gasteiger partial charge in [-0.25, -0.2) is 0 Å². The van der Waals surface area contributed by atoms with Gasteiger partial charge in [0.05, 0.1) is 16.4 Å². The number of hydrogen-bond donors (Lipinski definition) is 1. The van der Waals surface area contributed by atoms with E-state index in [1.165, 1.54) is 0 Å². The van der Waals surface area contributed by atoms with Crippen molar-refractivity contribution in [3.05, 3.63) is 51.3 Å². The Morgan fingerprint density at radius 1 is 1.29 bits per heavy atom. The molecule has 21 heavy (non-hydrogen) atoms. The Hall–Kier alpha value is -1.03. The van der Waals surface area contributed by atoms with E-state index in [9.17, 15) is 0 Å². The van der Waals surface area contributed by atoms with E-state index in [-0.39, 0.29) is 6.04 Å². The van der Waals surface area contributed by atoms with Crippen LogP contribution in [0.15, 0.2) is 24.3 Å². The Morgan fingerprint density at radius 3 is 2.67 bits per heavy atom. The molecule has 1 heterocycles. The third kappa shape index (κ3) is 3.79. The van der Waals surface area contributed by atoms with Crippen molar-refractivity contribution in [1.82, 2.24) is 15.1 Å². The Morgan fingerprint density at radius 2 is 2.05 bits per heavy atom. The molecule has 5 heteroatoms. The van der Waals surface area contributed by atoms with Crippen molar-refractivity contribution in [3.8, 4) is 0 Å². The smallest absolute Gasteiger partial charge is 0.0863 e. The lowest BCUT2D eigenvalue weighted by atomic mass is 10.1. The molecule has 0 bridgehead atoms. The number of hydrogen-bond acceptors (Lipinski definition) is 2. The minimum Gasteiger partial charge on any atom is -0.305 e. The molecule has 0 saturated heterocycles. The zero-order chi connectivity index (χ0) is 15.4. The summed E-state index contributed by atoms with van der Waals surface area (Å²) in [4.78, 5) is 0. The highest BCUT2D eigenvalue weighted by molar-refractivity contribution is 6.32. The summed E-state index contributed by atoms with van der Waals surface area (Å²) in [5.74, 6) is 0. The number of aryl methyl sites for hydroxylation is 2. The summed E-state index contributed by atoms with van der Waals surface area (Å²) in [6, 6.07) is 8.10. The average molecular weight is 326 g/mol. The highest BCUT2D eigenvalue weighted by Crippen LogP contribution is 2.23. The largest absolute Gasteiger partial charge is 0.305 e. The first-order valence-electron chi connectivity index (χ1n) is 7.29. The van der Waals surface area contributed by atoms with Gasteiger partial charge in [0.2, 0.25) is 0 Å². The fourth-order valence-electron chi connectivity index (χ4n) is 2.33. The van der Waals surface area contributed by atoms with Crippen molar-refractivity contribution in [3.63, 3.8) is 0 Å². The monoisotopic (exact) mass is 325 g/mol. The average Bonchev–Trinajstić information content (AvgIpc) is 2.80. The maximum atomic E-state index is 6.42. The number of benzene rings is 1. The van der Waals surface area contributed by atoms with Gasteiger partial charge in [0.1, 0.15) is 0 Å². The first kappa shape index (κ1) is 16.3. The molecule has 0 radical (unpaired) electrons. The SMILES string of the molecule is CCc1nn(CC)c(CN[C@@H](C)c2cccc(Cl)c2)c1Cl. The van der Waals surface area contributed by atoms with E-state index in [4.69, 9.17) is 23.2 Å². The van der Waals surface area contributed by atoms with Crippen LogP contribution in [0.5, 0.6) is 0 Å². The Labute approximate surface area is 136 Å². The summed E-state index contributed by atoms with van der Waals surface area (Å²) in [5, 5.41) is 9.56. The molecule has 0 aliphatic carbocycles. The summed E-state index contributed by atoms with van der Waals surface area (Å²) < 4.78 is 1.97. The second-order valence-electron chi connectivity index (χ2n) is 5.03. The summed E-state index contributed by atoms with van der Waals surface area (Å²) in [6.45, 7) is 7.77. The van der Waals surface area contributed by atoms with Crippen molar-refractivity contribution in [1.29, 1.82) is 0 Å². The van der Waals surface area contributed by atoms with Gasteiger partial charge in [0.15, 0.2) is 0 Å². The first-order valence-corrected chi connectivity index (χ1v) is 8.05. The highest BCUT2D eigenvalue weighted by Gasteiger charge is 2.15. The first-order chi connectivity index (χ1) is 10.1. The predicted molar refractivity (Wildman–Crippen MR) is 89.0 cm³/mol. The maximum Gasteiger partial charge on any atom is 0.0863 e. The number of rotatable bonds is 6. The third-order valence-corrected chi connectivity index (χ3v) is 4.29. The number of nitrogens with one attached hydrogen (secondary N) is 1. The van der Waals surface area contributed by atoms with Crippen LogP contribution in [0.4, 0.5) is 0 Å². The van der Waals surface area contributed by atoms with Crippen molar-refractivity contribution in [2.24, 2.45) is 0 Å². The Kier molecular flexibility index (Phi) is 5.68. The van der Waals surface area contributed by atoms with Crippen LogP contribution in [0.3, 0.4) is 0 Å². The lowest BCUT2D eigenvalue weighted by Crippen LogP contribution is -2.20. The van der Waals surface area contributed by atoms with Crippen molar-refractivity contribution < 1.29 is 0 Å². The molecule has 3 nitrogen and oxygen atoms in total. The quantitative estimate of drug-likeness (QED) is 0.839. The van der Waals surface area contributed by atoms with Gasteiger partial charge in [-0.05, 0) is 38.0 Å². The summed E-state index contributed by atoms with van der Waals surface area (Å²) in [7, 11) is 0. The molecule has 1 aromatic heterocycles. The highest BCUT2D eigenvalue weighted by atomic mass is 35.5. The molecular formula is C16H21Cl2N3. The van der Waals surface area contributed by atoms with E-state index in [0.29, 0.717) is 6.54 Å². The summed E-state index contributed by atoms with van der Waals surface area (Å²) in [5.41, 5.74) is 3.17. The number of aromatic nitrogens is 2. The molecule has 0 amide bonds. The van der Waals surface area contributed by atoms with Gasteiger partial charge in [-0.15, -0.1) is 0 Å². The predicted octanol–water partition coefficient (Wildman–Crippen LogP) is 4.62. The molecular weight excluding hydrogens is 305 g/mol. The van der Waals surface area contributed by atoms with Crippen molar-refractivity contribution in [2.45, 2.75) is 46.3 Å². The summed E-state index contributed by atoms with van der Waals surface area (Å²) in [6.07, 6.45) is 0.850. The van der Waals surface area contributed by atoms with Gasteiger partial charge in [-0.1, -0.05) is 42.3 Å². The number of nitrogens with zero attached hydrogens (tertiary/aromatic N) is 2. The molecule has 0 saturated carbocycles. The van der Waals surface area contributed by atoms with Crippen molar-refractivity contribution >= 4 is 23.2 Å². The maximum absolute atomic E-state index is 6.42. The van der Waals surface area contributed by atoms with E-state index in [0.717, 1.165) is 40.0 Å². The van der Waals surface area contributed by atoms with Gasteiger partial charge in [0.25, 0.3) is 0 Å². The molecule has 0 spiro atoms. The lowest BCUT2D eigenvalue weighted by Gasteiger charge is -2.15. The van der Waals surface area contributed by atoms with Crippen molar-refractivity contribution in [2.75, 3.05) is 0 Å². The second kappa shape index (κ2) is 7.30. The molecule has 114 valence electrons. The van der Waals surface area contributed by atoms with Gasteiger partial charge in [-0.3, -0.25) is 4.68 Å².